The molecule has 1 aliphatic rings. The van der Waals surface area contributed by atoms with Gasteiger partial charge in [0.1, 0.15) is 17.7 Å². The highest BCUT2D eigenvalue weighted by Crippen LogP contribution is 2.27. The van der Waals surface area contributed by atoms with Gasteiger partial charge in [-0.05, 0) is 60.8 Å². The van der Waals surface area contributed by atoms with E-state index in [4.69, 9.17) is 4.74 Å². The fourth-order valence-electron chi connectivity index (χ4n) is 3.90. The second kappa shape index (κ2) is 10.2. The molecular formula is C26H27FN2O2. The number of nitrogens with one attached hydrogen (secondary N) is 2. The monoisotopic (exact) mass is 418 g/mol. The van der Waals surface area contributed by atoms with Gasteiger partial charge >= 0.3 is 0 Å². The Balaban J connectivity index is 1.30. The lowest BCUT2D eigenvalue weighted by molar-refractivity contribution is 0.0934. The third-order valence-corrected chi connectivity index (χ3v) is 5.52. The summed E-state index contributed by atoms with van der Waals surface area (Å²) in [7, 11) is 0. The maximum absolute atomic E-state index is 13.2. The fraction of sp³-hybridized carbons (Fsp3) is 0.269. The highest BCUT2D eigenvalue weighted by Gasteiger charge is 2.22. The van der Waals surface area contributed by atoms with Gasteiger partial charge in [0.15, 0.2) is 0 Å². The van der Waals surface area contributed by atoms with E-state index in [2.05, 4.69) is 28.8 Å². The summed E-state index contributed by atoms with van der Waals surface area (Å²) in [5.41, 5.74) is 2.88. The Morgan fingerprint density at radius 1 is 1.00 bits per heavy atom. The number of hydrogen-bond donors (Lipinski definition) is 2. The van der Waals surface area contributed by atoms with Crippen LogP contribution in [0.15, 0.2) is 78.9 Å². The molecule has 1 amide bonds. The van der Waals surface area contributed by atoms with Crippen LogP contribution in [-0.4, -0.2) is 31.1 Å². The second-order valence-corrected chi connectivity index (χ2v) is 7.91. The Hall–Kier alpha value is -3.18. The molecular weight excluding hydrogens is 391 g/mol. The van der Waals surface area contributed by atoms with E-state index in [9.17, 15) is 9.18 Å². The molecule has 0 saturated carbocycles. The van der Waals surface area contributed by atoms with Gasteiger partial charge in [-0.25, -0.2) is 4.39 Å². The first-order valence-electron chi connectivity index (χ1n) is 10.7. The lowest BCUT2D eigenvalue weighted by Crippen LogP contribution is -2.40. The van der Waals surface area contributed by atoms with E-state index in [1.54, 1.807) is 0 Å². The molecule has 0 aliphatic carbocycles. The average molecular weight is 419 g/mol. The standard InChI is InChI=1S/C26H27FN2O2/c27-22-12-10-20(11-13-22)26(30)29-23(16-19-6-2-1-3-7-19)14-15-28-18-24-17-21-8-4-5-9-25(21)31-24/h1-13,23-24,28H,14-18H2,(H,29,30). The predicted octanol–water partition coefficient (Wildman–Crippen LogP) is 4.15. The molecule has 2 unspecified atom stereocenters. The summed E-state index contributed by atoms with van der Waals surface area (Å²) in [6, 6.07) is 23.9. The number of carbonyl (C=O) groups excluding carboxylic acids is 1. The van der Waals surface area contributed by atoms with Crippen LogP contribution in [0.2, 0.25) is 0 Å². The fourth-order valence-corrected chi connectivity index (χ4v) is 3.90. The number of carbonyl (C=O) groups is 1. The predicted molar refractivity (Wildman–Crippen MR) is 120 cm³/mol. The van der Waals surface area contributed by atoms with Crippen molar-refractivity contribution in [2.75, 3.05) is 13.1 Å². The Morgan fingerprint density at radius 2 is 1.74 bits per heavy atom. The molecule has 0 radical (unpaired) electrons. The van der Waals surface area contributed by atoms with Gasteiger partial charge in [0.2, 0.25) is 0 Å². The number of para-hydroxylation sites is 1. The quantitative estimate of drug-likeness (QED) is 0.514. The van der Waals surface area contributed by atoms with Crippen LogP contribution in [0.1, 0.15) is 27.9 Å². The number of hydrogen-bond acceptors (Lipinski definition) is 3. The van der Waals surface area contributed by atoms with Crippen molar-refractivity contribution in [3.05, 3.63) is 101 Å². The van der Waals surface area contributed by atoms with E-state index >= 15 is 0 Å². The van der Waals surface area contributed by atoms with E-state index in [-0.39, 0.29) is 23.9 Å². The van der Waals surface area contributed by atoms with Crippen molar-refractivity contribution >= 4 is 5.91 Å². The summed E-state index contributed by atoms with van der Waals surface area (Å²) < 4.78 is 19.1. The van der Waals surface area contributed by atoms with Crippen LogP contribution in [0.5, 0.6) is 5.75 Å². The molecule has 1 aliphatic heterocycles. The molecule has 3 aromatic carbocycles. The van der Waals surface area contributed by atoms with Crippen LogP contribution in [0, 0.1) is 5.82 Å². The molecule has 0 spiro atoms. The van der Waals surface area contributed by atoms with Crippen molar-refractivity contribution in [1.82, 2.24) is 10.6 Å². The Morgan fingerprint density at radius 3 is 2.52 bits per heavy atom. The van der Waals surface area contributed by atoms with Crippen molar-refractivity contribution in [2.24, 2.45) is 0 Å². The lowest BCUT2D eigenvalue weighted by Gasteiger charge is -2.20. The molecule has 4 rings (SSSR count). The van der Waals surface area contributed by atoms with Crippen molar-refractivity contribution in [3.63, 3.8) is 0 Å². The molecule has 2 atom stereocenters. The topological polar surface area (TPSA) is 50.4 Å². The smallest absolute Gasteiger partial charge is 0.251 e. The number of benzene rings is 3. The van der Waals surface area contributed by atoms with Crippen LogP contribution in [-0.2, 0) is 12.8 Å². The number of ether oxygens (including phenoxy) is 1. The number of amides is 1. The van der Waals surface area contributed by atoms with Gasteiger partial charge < -0.3 is 15.4 Å². The van der Waals surface area contributed by atoms with Gasteiger partial charge in [0.25, 0.3) is 5.91 Å². The summed E-state index contributed by atoms with van der Waals surface area (Å²) in [6.07, 6.45) is 2.57. The zero-order valence-corrected chi connectivity index (χ0v) is 17.4. The summed E-state index contributed by atoms with van der Waals surface area (Å²) in [4.78, 5) is 12.7. The summed E-state index contributed by atoms with van der Waals surface area (Å²) in [5, 5.41) is 6.58. The van der Waals surface area contributed by atoms with Crippen LogP contribution in [0.3, 0.4) is 0 Å². The molecule has 0 aromatic heterocycles. The molecule has 0 bridgehead atoms. The van der Waals surface area contributed by atoms with Crippen LogP contribution < -0.4 is 15.4 Å². The van der Waals surface area contributed by atoms with E-state index in [1.165, 1.54) is 35.4 Å². The molecule has 0 saturated heterocycles. The molecule has 0 fully saturated rings. The first-order valence-corrected chi connectivity index (χ1v) is 10.7. The van der Waals surface area contributed by atoms with Gasteiger partial charge in [0.05, 0.1) is 0 Å². The van der Waals surface area contributed by atoms with Gasteiger partial charge in [-0.2, -0.15) is 0 Å². The minimum absolute atomic E-state index is 0.0332. The highest BCUT2D eigenvalue weighted by atomic mass is 19.1. The molecule has 160 valence electrons. The van der Waals surface area contributed by atoms with Crippen molar-refractivity contribution in [2.45, 2.75) is 31.4 Å². The number of halogens is 1. The lowest BCUT2D eigenvalue weighted by atomic mass is 10.0. The zero-order chi connectivity index (χ0) is 21.5. The Labute approximate surface area is 182 Å². The maximum Gasteiger partial charge on any atom is 0.251 e. The maximum atomic E-state index is 13.2. The molecule has 5 heteroatoms. The van der Waals surface area contributed by atoms with Crippen molar-refractivity contribution in [1.29, 1.82) is 0 Å². The first-order chi connectivity index (χ1) is 15.2. The summed E-state index contributed by atoms with van der Waals surface area (Å²) in [6.45, 7) is 1.52. The van der Waals surface area contributed by atoms with E-state index in [1.807, 2.05) is 36.4 Å². The minimum atomic E-state index is -0.349. The Bertz CT molecular complexity index is 967. The average Bonchev–Trinajstić information content (AvgIpc) is 3.20. The van der Waals surface area contributed by atoms with Crippen LogP contribution in [0.25, 0.3) is 0 Å². The summed E-state index contributed by atoms with van der Waals surface area (Å²) >= 11 is 0. The number of fused-ring (bicyclic) bond motifs is 1. The normalized spacial score (nSPS) is 15.7. The first kappa shape index (κ1) is 21.1. The minimum Gasteiger partial charge on any atom is -0.488 e. The third kappa shape index (κ3) is 5.92. The second-order valence-electron chi connectivity index (χ2n) is 7.91. The molecule has 2 N–H and O–H groups in total. The number of rotatable bonds is 9. The van der Waals surface area contributed by atoms with Gasteiger partial charge in [0, 0.05) is 24.6 Å². The van der Waals surface area contributed by atoms with Gasteiger partial charge in [-0.3, -0.25) is 4.79 Å². The molecule has 3 aromatic rings. The third-order valence-electron chi connectivity index (χ3n) is 5.52. The van der Waals surface area contributed by atoms with E-state index in [0.29, 0.717) is 5.56 Å². The Kier molecular flexibility index (Phi) is 6.95. The van der Waals surface area contributed by atoms with Gasteiger partial charge in [-0.1, -0.05) is 48.5 Å². The van der Waals surface area contributed by atoms with Crippen molar-refractivity contribution < 1.29 is 13.9 Å². The largest absolute Gasteiger partial charge is 0.488 e. The van der Waals surface area contributed by atoms with Crippen LogP contribution >= 0.6 is 0 Å². The highest BCUT2D eigenvalue weighted by molar-refractivity contribution is 5.94. The zero-order valence-electron chi connectivity index (χ0n) is 17.4. The summed E-state index contributed by atoms with van der Waals surface area (Å²) in [5.74, 6) is 0.441. The molecule has 1 heterocycles. The van der Waals surface area contributed by atoms with E-state index in [0.717, 1.165) is 38.1 Å². The SMILES string of the molecule is O=C(NC(CCNCC1Cc2ccccc2O1)Cc1ccccc1)c1ccc(F)cc1. The van der Waals surface area contributed by atoms with Crippen LogP contribution in [0.4, 0.5) is 4.39 Å². The molecule has 31 heavy (non-hydrogen) atoms. The van der Waals surface area contributed by atoms with E-state index < -0.39 is 0 Å². The van der Waals surface area contributed by atoms with Crippen molar-refractivity contribution in [3.8, 4) is 5.75 Å². The molecule has 4 nitrogen and oxygen atoms in total. The van der Waals surface area contributed by atoms with Gasteiger partial charge in [-0.15, -0.1) is 0 Å².